The Labute approximate surface area is 83.2 Å². The summed E-state index contributed by atoms with van der Waals surface area (Å²) in [6.45, 7) is 5.52. The molecular formula is C9H16N2O3. The van der Waals surface area contributed by atoms with Crippen molar-refractivity contribution in [2.24, 2.45) is 5.73 Å². The Morgan fingerprint density at radius 3 is 2.43 bits per heavy atom. The molecule has 5 heteroatoms. The normalized spacial score (nSPS) is 9.57. The van der Waals surface area contributed by atoms with E-state index in [4.69, 9.17) is 10.8 Å². The quantitative estimate of drug-likeness (QED) is 0.583. The summed E-state index contributed by atoms with van der Waals surface area (Å²) in [5.74, 6) is -1.36. The highest BCUT2D eigenvalue weighted by molar-refractivity contribution is 5.93. The minimum absolute atomic E-state index is 0.300. The third-order valence-corrected chi connectivity index (χ3v) is 1.61. The lowest BCUT2D eigenvalue weighted by atomic mass is 10.2. The number of carboxylic acids is 1. The first kappa shape index (κ1) is 12.6. The minimum Gasteiger partial charge on any atom is -0.480 e. The van der Waals surface area contributed by atoms with Gasteiger partial charge in [0.2, 0.25) is 5.91 Å². The molecule has 0 unspecified atom stereocenters. The van der Waals surface area contributed by atoms with E-state index < -0.39 is 5.97 Å². The summed E-state index contributed by atoms with van der Waals surface area (Å²) in [7, 11) is 0. The molecule has 0 aromatic rings. The van der Waals surface area contributed by atoms with Gasteiger partial charge in [-0.05, 0) is 19.9 Å². The molecule has 0 radical (unpaired) electrons. The molecule has 0 aliphatic heterocycles. The van der Waals surface area contributed by atoms with Crippen LogP contribution >= 0.6 is 0 Å². The van der Waals surface area contributed by atoms with Crippen molar-refractivity contribution >= 4 is 11.9 Å². The summed E-state index contributed by atoms with van der Waals surface area (Å²) in [6.07, 6.45) is 0.590. The first-order valence-corrected chi connectivity index (χ1v) is 4.35. The van der Waals surface area contributed by atoms with Gasteiger partial charge in [0.15, 0.2) is 0 Å². The third-order valence-electron chi connectivity index (χ3n) is 1.61. The van der Waals surface area contributed by atoms with Gasteiger partial charge in [-0.3, -0.25) is 9.59 Å². The Balaban J connectivity index is 4.30. The van der Waals surface area contributed by atoms with Crippen molar-refractivity contribution in [1.82, 2.24) is 4.90 Å². The van der Waals surface area contributed by atoms with E-state index in [0.717, 1.165) is 0 Å². The summed E-state index contributed by atoms with van der Waals surface area (Å²) in [6, 6.07) is 0. The molecule has 0 atom stereocenters. The maximum Gasteiger partial charge on any atom is 0.323 e. The van der Waals surface area contributed by atoms with Gasteiger partial charge < -0.3 is 15.7 Å². The van der Waals surface area contributed by atoms with Crippen molar-refractivity contribution in [3.63, 3.8) is 0 Å². The minimum atomic E-state index is -1.03. The highest BCUT2D eigenvalue weighted by Gasteiger charge is 2.16. The molecule has 0 aromatic carbocycles. The highest BCUT2D eigenvalue weighted by Crippen LogP contribution is 1.99. The van der Waals surface area contributed by atoms with Crippen molar-refractivity contribution < 1.29 is 14.7 Å². The van der Waals surface area contributed by atoms with Gasteiger partial charge in [0, 0.05) is 12.1 Å². The molecule has 0 fully saturated rings. The molecule has 0 aromatic heterocycles. The van der Waals surface area contributed by atoms with Crippen LogP contribution in [0.5, 0.6) is 0 Å². The average Bonchev–Trinajstić information content (AvgIpc) is 2.10. The first-order chi connectivity index (χ1) is 6.49. The zero-order chi connectivity index (χ0) is 11.1. The van der Waals surface area contributed by atoms with Crippen LogP contribution in [0.25, 0.3) is 0 Å². The summed E-state index contributed by atoms with van der Waals surface area (Å²) in [5, 5.41) is 8.56. The lowest BCUT2D eigenvalue weighted by Gasteiger charge is -2.20. The number of hydrogen-bond donors (Lipinski definition) is 2. The second kappa shape index (κ2) is 6.15. The number of hydrogen-bond acceptors (Lipinski definition) is 3. The van der Waals surface area contributed by atoms with Crippen LogP contribution in [0.3, 0.4) is 0 Å². The van der Waals surface area contributed by atoms with E-state index in [0.29, 0.717) is 25.1 Å². The Hall–Kier alpha value is -1.36. The molecule has 0 heterocycles. The number of nitrogens with zero attached hydrogens (tertiary/aromatic N) is 1. The second-order valence-corrected chi connectivity index (χ2v) is 3.04. The first-order valence-electron chi connectivity index (χ1n) is 4.35. The van der Waals surface area contributed by atoms with Crippen LogP contribution in [0, 0.1) is 0 Å². The van der Waals surface area contributed by atoms with Crippen LogP contribution in [0.4, 0.5) is 0 Å². The number of nitrogens with two attached hydrogens (primary N) is 1. The van der Waals surface area contributed by atoms with E-state index in [1.165, 1.54) is 4.90 Å². The summed E-state index contributed by atoms with van der Waals surface area (Å²) in [4.78, 5) is 23.1. The van der Waals surface area contributed by atoms with E-state index in [2.05, 4.69) is 6.58 Å². The molecule has 0 aliphatic carbocycles. The van der Waals surface area contributed by atoms with Gasteiger partial charge >= 0.3 is 5.97 Å². The molecule has 1 amide bonds. The van der Waals surface area contributed by atoms with Crippen LogP contribution in [0.2, 0.25) is 0 Å². The van der Waals surface area contributed by atoms with Crippen LogP contribution in [0.15, 0.2) is 12.2 Å². The summed E-state index contributed by atoms with van der Waals surface area (Å²) in [5.41, 5.74) is 5.61. The lowest BCUT2D eigenvalue weighted by molar-refractivity contribution is -0.143. The van der Waals surface area contributed by atoms with Crippen LogP contribution in [-0.2, 0) is 9.59 Å². The molecule has 14 heavy (non-hydrogen) atoms. The smallest absolute Gasteiger partial charge is 0.323 e. The number of carboxylic acid groups (broad SMARTS) is 1. The average molecular weight is 200 g/mol. The number of aliphatic carboxylic acids is 1. The van der Waals surface area contributed by atoms with Gasteiger partial charge in [-0.2, -0.15) is 0 Å². The van der Waals surface area contributed by atoms with E-state index in [1.54, 1.807) is 6.92 Å². The van der Waals surface area contributed by atoms with Gasteiger partial charge in [0.25, 0.3) is 0 Å². The monoisotopic (exact) mass is 200 g/mol. The second-order valence-electron chi connectivity index (χ2n) is 3.04. The highest BCUT2D eigenvalue weighted by atomic mass is 16.4. The SMILES string of the molecule is C=C(C)C(=O)N(CCCN)CC(=O)O. The zero-order valence-corrected chi connectivity index (χ0v) is 8.32. The number of amides is 1. The molecule has 0 rings (SSSR count). The molecule has 0 saturated carbocycles. The van der Waals surface area contributed by atoms with E-state index in [1.807, 2.05) is 0 Å². The molecule has 5 nitrogen and oxygen atoms in total. The lowest BCUT2D eigenvalue weighted by Crippen LogP contribution is -2.37. The van der Waals surface area contributed by atoms with Crippen molar-refractivity contribution in [1.29, 1.82) is 0 Å². The number of carbonyl (C=O) groups is 2. The Morgan fingerprint density at radius 2 is 2.07 bits per heavy atom. The van der Waals surface area contributed by atoms with Crippen molar-refractivity contribution in [2.45, 2.75) is 13.3 Å². The zero-order valence-electron chi connectivity index (χ0n) is 8.32. The fraction of sp³-hybridized carbons (Fsp3) is 0.556. The Bertz CT molecular complexity index is 238. The summed E-state index contributed by atoms with van der Waals surface area (Å²) < 4.78 is 0. The van der Waals surface area contributed by atoms with E-state index in [-0.39, 0.29) is 12.5 Å². The predicted octanol–water partition coefficient (Wildman–Crippen LogP) is -0.175. The van der Waals surface area contributed by atoms with Crippen LogP contribution in [0.1, 0.15) is 13.3 Å². The maximum atomic E-state index is 11.4. The summed E-state index contributed by atoms with van der Waals surface area (Å²) >= 11 is 0. The molecule has 3 N–H and O–H groups in total. The topological polar surface area (TPSA) is 83.6 Å². The van der Waals surface area contributed by atoms with Gasteiger partial charge in [0.05, 0.1) is 0 Å². The van der Waals surface area contributed by atoms with Gasteiger partial charge in [-0.25, -0.2) is 0 Å². The van der Waals surface area contributed by atoms with E-state index >= 15 is 0 Å². The van der Waals surface area contributed by atoms with Gasteiger partial charge in [-0.15, -0.1) is 0 Å². The number of rotatable bonds is 6. The Morgan fingerprint density at radius 1 is 1.50 bits per heavy atom. The molecule has 0 spiro atoms. The van der Waals surface area contributed by atoms with Crippen molar-refractivity contribution in [3.8, 4) is 0 Å². The van der Waals surface area contributed by atoms with Crippen LogP contribution in [-0.4, -0.2) is 41.5 Å². The van der Waals surface area contributed by atoms with E-state index in [9.17, 15) is 9.59 Å². The van der Waals surface area contributed by atoms with Crippen LogP contribution < -0.4 is 5.73 Å². The molecule has 80 valence electrons. The van der Waals surface area contributed by atoms with Gasteiger partial charge in [0.1, 0.15) is 6.54 Å². The van der Waals surface area contributed by atoms with Gasteiger partial charge in [-0.1, -0.05) is 6.58 Å². The fourth-order valence-electron chi connectivity index (χ4n) is 0.968. The van der Waals surface area contributed by atoms with Crippen molar-refractivity contribution in [2.75, 3.05) is 19.6 Å². The third kappa shape index (κ3) is 4.61. The standard InChI is InChI=1S/C9H16N2O3/c1-7(2)9(14)11(5-3-4-10)6-8(12)13/h1,3-6,10H2,2H3,(H,12,13). The molecule has 0 saturated heterocycles. The molecule has 0 bridgehead atoms. The molecule has 0 aliphatic rings. The Kier molecular flexibility index (Phi) is 5.55. The fourth-order valence-corrected chi connectivity index (χ4v) is 0.968. The molecular weight excluding hydrogens is 184 g/mol. The largest absolute Gasteiger partial charge is 0.480 e. The maximum absolute atomic E-state index is 11.4. The predicted molar refractivity (Wildman–Crippen MR) is 52.7 cm³/mol. The number of carbonyl (C=O) groups excluding carboxylic acids is 1. The van der Waals surface area contributed by atoms with Crippen molar-refractivity contribution in [3.05, 3.63) is 12.2 Å².